The number of ether oxygens (including phenoxy) is 1. The Hall–Kier alpha value is -1.20. The number of rotatable bonds is 4. The van der Waals surface area contributed by atoms with E-state index < -0.39 is 5.97 Å². The molecule has 1 aromatic carbocycles. The number of carboxylic acids is 1. The molecule has 0 aromatic heterocycles. The molecule has 3 rings (SSSR count). The highest BCUT2D eigenvalue weighted by Crippen LogP contribution is 2.29. The van der Waals surface area contributed by atoms with Crippen LogP contribution in [0.2, 0.25) is 0 Å². The number of hydrogen-bond donors (Lipinski definition) is 2. The molecule has 0 bridgehead atoms. The van der Waals surface area contributed by atoms with Gasteiger partial charge in [0, 0.05) is 24.1 Å². The minimum atomic E-state index is -0.711. The molecule has 102 valence electrons. The second-order valence-electron chi connectivity index (χ2n) is 5.08. The van der Waals surface area contributed by atoms with Crippen molar-refractivity contribution in [3.63, 3.8) is 0 Å². The van der Waals surface area contributed by atoms with E-state index in [1.165, 1.54) is 0 Å². The van der Waals surface area contributed by atoms with Crippen molar-refractivity contribution < 1.29 is 14.6 Å². The van der Waals surface area contributed by atoms with Crippen LogP contribution in [-0.4, -0.2) is 35.2 Å². The lowest BCUT2D eigenvalue weighted by atomic mass is 10.0. The molecule has 0 amide bonds. The average Bonchev–Trinajstić information content (AvgIpc) is 2.84. The molecule has 2 aliphatic rings. The number of hydrogen-bond acceptors (Lipinski definition) is 4. The Bertz CT molecular complexity index is 458. The van der Waals surface area contributed by atoms with Crippen LogP contribution in [0.1, 0.15) is 18.0 Å². The molecule has 19 heavy (non-hydrogen) atoms. The molecule has 2 heterocycles. The summed E-state index contributed by atoms with van der Waals surface area (Å²) in [5.74, 6) is 2.07. The molecular formula is C14H17NO3S. The van der Waals surface area contributed by atoms with Crippen LogP contribution in [0.15, 0.2) is 24.3 Å². The fourth-order valence-corrected chi connectivity index (χ4v) is 3.00. The highest BCUT2D eigenvalue weighted by Gasteiger charge is 2.30. The lowest BCUT2D eigenvalue weighted by molar-refractivity contribution is -0.141. The van der Waals surface area contributed by atoms with Crippen LogP contribution in [0.4, 0.5) is 0 Å². The van der Waals surface area contributed by atoms with Gasteiger partial charge in [-0.1, -0.05) is 12.1 Å². The topological polar surface area (TPSA) is 58.6 Å². The summed E-state index contributed by atoms with van der Waals surface area (Å²) in [6, 6.07) is 8.17. The average molecular weight is 279 g/mol. The van der Waals surface area contributed by atoms with Crippen molar-refractivity contribution in [1.82, 2.24) is 5.32 Å². The Kier molecular flexibility index (Phi) is 3.66. The number of carboxylic acid groups (broad SMARTS) is 1. The molecule has 2 aliphatic heterocycles. The van der Waals surface area contributed by atoms with E-state index in [-0.39, 0.29) is 12.0 Å². The molecule has 2 N–H and O–H groups in total. The molecule has 4 nitrogen and oxygen atoms in total. The van der Waals surface area contributed by atoms with Crippen LogP contribution >= 0.6 is 11.8 Å². The molecule has 5 heteroatoms. The van der Waals surface area contributed by atoms with Crippen molar-refractivity contribution in [1.29, 1.82) is 0 Å². The lowest BCUT2D eigenvalue weighted by Gasteiger charge is -2.26. The van der Waals surface area contributed by atoms with Gasteiger partial charge in [0.05, 0.1) is 5.92 Å². The van der Waals surface area contributed by atoms with Crippen LogP contribution in [0, 0.1) is 5.92 Å². The summed E-state index contributed by atoms with van der Waals surface area (Å²) in [6.45, 7) is 0.553. The first-order valence-electron chi connectivity index (χ1n) is 6.53. The van der Waals surface area contributed by atoms with Crippen molar-refractivity contribution in [2.75, 3.05) is 18.1 Å². The minimum Gasteiger partial charge on any atom is -0.489 e. The molecule has 0 radical (unpaired) electrons. The fourth-order valence-electron chi connectivity index (χ4n) is 2.43. The smallest absolute Gasteiger partial charge is 0.307 e. The van der Waals surface area contributed by atoms with Gasteiger partial charge in [0.15, 0.2) is 0 Å². The van der Waals surface area contributed by atoms with E-state index in [4.69, 9.17) is 9.84 Å². The summed E-state index contributed by atoms with van der Waals surface area (Å²) in [7, 11) is 0. The largest absolute Gasteiger partial charge is 0.489 e. The summed E-state index contributed by atoms with van der Waals surface area (Å²) >= 11 is 1.90. The Labute approximate surface area is 116 Å². The molecular weight excluding hydrogens is 262 g/mol. The van der Waals surface area contributed by atoms with Gasteiger partial charge in [-0.15, -0.1) is 0 Å². The highest BCUT2D eigenvalue weighted by molar-refractivity contribution is 8.00. The molecule has 0 aliphatic carbocycles. The zero-order valence-electron chi connectivity index (χ0n) is 10.5. The Balaban J connectivity index is 1.61. The van der Waals surface area contributed by atoms with Crippen molar-refractivity contribution in [3.8, 4) is 5.75 Å². The molecule has 2 saturated heterocycles. The predicted molar refractivity (Wildman–Crippen MR) is 74.7 cm³/mol. The third-order valence-electron chi connectivity index (χ3n) is 3.67. The maximum atomic E-state index is 10.9. The van der Waals surface area contributed by atoms with Crippen molar-refractivity contribution in [2.24, 2.45) is 5.92 Å². The Morgan fingerprint density at radius 2 is 2.05 bits per heavy atom. The van der Waals surface area contributed by atoms with Gasteiger partial charge < -0.3 is 15.2 Å². The summed E-state index contributed by atoms with van der Waals surface area (Å²) in [5.41, 5.74) is 1.14. The summed E-state index contributed by atoms with van der Waals surface area (Å²) in [6.07, 6.45) is 1.02. The third kappa shape index (κ3) is 2.87. The number of carbonyl (C=O) groups is 1. The lowest BCUT2D eigenvalue weighted by Crippen LogP contribution is -2.30. The quantitative estimate of drug-likeness (QED) is 0.882. The summed E-state index contributed by atoms with van der Waals surface area (Å²) in [5, 5.41) is 12.3. The standard InChI is InChI=1S/C14H17NO3S/c16-14(17)10-5-13(15-6-10)9-1-3-11(4-2-9)18-12-7-19-8-12/h1-4,10,12-13,15H,5-8H2,(H,16,17). The van der Waals surface area contributed by atoms with E-state index in [2.05, 4.69) is 5.32 Å². The van der Waals surface area contributed by atoms with Gasteiger partial charge in [-0.3, -0.25) is 4.79 Å². The second-order valence-corrected chi connectivity index (χ2v) is 6.15. The van der Waals surface area contributed by atoms with Crippen LogP contribution in [0.25, 0.3) is 0 Å². The third-order valence-corrected chi connectivity index (χ3v) is 4.89. The van der Waals surface area contributed by atoms with E-state index in [0.717, 1.165) is 22.8 Å². The molecule has 2 atom stereocenters. The van der Waals surface area contributed by atoms with Gasteiger partial charge in [-0.2, -0.15) is 11.8 Å². The zero-order valence-corrected chi connectivity index (χ0v) is 11.4. The van der Waals surface area contributed by atoms with Gasteiger partial charge in [-0.05, 0) is 24.1 Å². The van der Waals surface area contributed by atoms with Crippen molar-refractivity contribution in [3.05, 3.63) is 29.8 Å². The maximum Gasteiger partial charge on any atom is 0.307 e. The van der Waals surface area contributed by atoms with Crippen molar-refractivity contribution in [2.45, 2.75) is 18.6 Å². The zero-order chi connectivity index (χ0) is 13.2. The first-order valence-corrected chi connectivity index (χ1v) is 7.68. The van der Waals surface area contributed by atoms with Crippen molar-refractivity contribution >= 4 is 17.7 Å². The first-order chi connectivity index (χ1) is 9.22. The van der Waals surface area contributed by atoms with Crippen LogP contribution < -0.4 is 10.1 Å². The molecule has 0 saturated carbocycles. The SMILES string of the molecule is O=C(O)C1CNC(c2ccc(OC3CSC3)cc2)C1. The number of nitrogens with one attached hydrogen (secondary N) is 1. The Morgan fingerprint density at radius 3 is 2.58 bits per heavy atom. The number of aliphatic carboxylic acids is 1. The Morgan fingerprint density at radius 1 is 1.32 bits per heavy atom. The molecule has 1 aromatic rings. The van der Waals surface area contributed by atoms with Gasteiger partial charge >= 0.3 is 5.97 Å². The summed E-state index contributed by atoms with van der Waals surface area (Å²) in [4.78, 5) is 10.9. The van der Waals surface area contributed by atoms with Gasteiger partial charge in [0.2, 0.25) is 0 Å². The van der Waals surface area contributed by atoms with Crippen LogP contribution in [0.5, 0.6) is 5.75 Å². The van der Waals surface area contributed by atoms with E-state index in [9.17, 15) is 4.79 Å². The van der Waals surface area contributed by atoms with E-state index in [1.54, 1.807) is 0 Å². The predicted octanol–water partition coefficient (Wildman–Crippen LogP) is 1.92. The summed E-state index contributed by atoms with van der Waals surface area (Å²) < 4.78 is 5.79. The van der Waals surface area contributed by atoms with Gasteiger partial charge in [0.1, 0.15) is 11.9 Å². The molecule has 2 fully saturated rings. The van der Waals surface area contributed by atoms with E-state index in [1.807, 2.05) is 36.0 Å². The number of thioether (sulfide) groups is 1. The molecule has 0 spiro atoms. The van der Waals surface area contributed by atoms with Crippen LogP contribution in [-0.2, 0) is 4.79 Å². The second kappa shape index (κ2) is 5.43. The fraction of sp³-hybridized carbons (Fsp3) is 0.500. The minimum absolute atomic E-state index is 0.148. The molecule has 2 unspecified atom stereocenters. The normalized spacial score (nSPS) is 26.9. The van der Waals surface area contributed by atoms with Crippen LogP contribution in [0.3, 0.4) is 0 Å². The first kappa shape index (κ1) is 12.8. The van der Waals surface area contributed by atoms with E-state index in [0.29, 0.717) is 19.1 Å². The van der Waals surface area contributed by atoms with Gasteiger partial charge in [-0.25, -0.2) is 0 Å². The number of benzene rings is 1. The monoisotopic (exact) mass is 279 g/mol. The highest BCUT2D eigenvalue weighted by atomic mass is 32.2. The van der Waals surface area contributed by atoms with Gasteiger partial charge in [0.25, 0.3) is 0 Å². The van der Waals surface area contributed by atoms with E-state index >= 15 is 0 Å². The maximum absolute atomic E-state index is 10.9.